The van der Waals surface area contributed by atoms with E-state index in [1.165, 1.54) is 0 Å². The van der Waals surface area contributed by atoms with Crippen LogP contribution in [0.5, 0.6) is 0 Å². The minimum Gasteiger partial charge on any atom is -0.399 e. The Hall–Kier alpha value is -1.24. The van der Waals surface area contributed by atoms with E-state index in [0.29, 0.717) is 15.7 Å². The van der Waals surface area contributed by atoms with E-state index in [2.05, 4.69) is 4.72 Å². The molecule has 1 heterocycles. The van der Waals surface area contributed by atoms with Crippen LogP contribution in [-0.2, 0) is 10.0 Å². The van der Waals surface area contributed by atoms with Gasteiger partial charge in [-0.1, -0.05) is 11.6 Å². The Morgan fingerprint density at radius 3 is 2.10 bits per heavy atom. The zero-order valence-electron chi connectivity index (χ0n) is 11.3. The Balaban J connectivity index is 2.43. The summed E-state index contributed by atoms with van der Waals surface area (Å²) in [5, 5.41) is 0. The molecule has 3 N–H and O–H groups in total. The summed E-state index contributed by atoms with van der Waals surface area (Å²) in [6.45, 7) is 5.40. The maximum atomic E-state index is 12.4. The van der Waals surface area contributed by atoms with E-state index in [4.69, 9.17) is 17.3 Å². The predicted molar refractivity (Wildman–Crippen MR) is 85.2 cm³/mol. The Morgan fingerprint density at radius 1 is 1.10 bits per heavy atom. The van der Waals surface area contributed by atoms with Gasteiger partial charge in [0.1, 0.15) is 4.21 Å². The van der Waals surface area contributed by atoms with Gasteiger partial charge in [0.15, 0.2) is 0 Å². The van der Waals surface area contributed by atoms with E-state index in [1.54, 1.807) is 25.1 Å². The lowest BCUT2D eigenvalue weighted by Crippen LogP contribution is -2.13. The quantitative estimate of drug-likeness (QED) is 0.843. The number of sulfonamides is 1. The second kappa shape index (κ2) is 5.27. The van der Waals surface area contributed by atoms with Crippen LogP contribution in [0.4, 0.5) is 11.4 Å². The molecule has 0 atom stereocenters. The van der Waals surface area contributed by atoms with Crippen LogP contribution in [0, 0.1) is 20.8 Å². The number of benzene rings is 1. The summed E-state index contributed by atoms with van der Waals surface area (Å²) in [6, 6.07) is 5.03. The lowest BCUT2D eigenvalue weighted by atomic mass is 10.1. The maximum Gasteiger partial charge on any atom is 0.271 e. The normalized spacial score (nSPS) is 11.6. The molecule has 1 aromatic heterocycles. The van der Waals surface area contributed by atoms with Crippen molar-refractivity contribution in [2.45, 2.75) is 25.0 Å². The fraction of sp³-hybridized carbons (Fsp3) is 0.231. The van der Waals surface area contributed by atoms with Gasteiger partial charge in [0, 0.05) is 5.69 Å². The Kier molecular flexibility index (Phi) is 4.00. The number of halogens is 1. The lowest BCUT2D eigenvalue weighted by Gasteiger charge is -2.13. The molecule has 0 spiro atoms. The number of hydrogen-bond acceptors (Lipinski definition) is 4. The smallest absolute Gasteiger partial charge is 0.271 e. The average Bonchev–Trinajstić information content (AvgIpc) is 2.65. The molecule has 0 unspecified atom stereocenters. The first-order chi connectivity index (χ1) is 9.20. The number of nitrogens with two attached hydrogens (primary N) is 1. The van der Waals surface area contributed by atoms with E-state index >= 15 is 0 Å². The SMILES string of the molecule is Cc1cc(S(=O)(=O)Nc2c(C)cc(N)cc2C)sc1Cl. The number of thiophene rings is 1. The van der Waals surface area contributed by atoms with Crippen LogP contribution in [0.2, 0.25) is 4.34 Å². The van der Waals surface area contributed by atoms with Crippen LogP contribution in [0.1, 0.15) is 16.7 Å². The van der Waals surface area contributed by atoms with Gasteiger partial charge in [0.05, 0.1) is 10.0 Å². The highest BCUT2D eigenvalue weighted by Crippen LogP contribution is 2.32. The standard InChI is InChI=1S/C13H15ClN2O2S2/c1-7-4-10(15)5-8(2)12(7)16-20(17,18)11-6-9(3)13(14)19-11/h4-6,16H,15H2,1-3H3. The van der Waals surface area contributed by atoms with Crippen molar-refractivity contribution in [2.24, 2.45) is 0 Å². The molecule has 0 aliphatic rings. The molecule has 7 heteroatoms. The average molecular weight is 331 g/mol. The van der Waals surface area contributed by atoms with Crippen molar-refractivity contribution < 1.29 is 8.42 Å². The zero-order chi connectivity index (χ0) is 15.1. The summed E-state index contributed by atoms with van der Waals surface area (Å²) < 4.78 is 28.0. The van der Waals surface area contributed by atoms with E-state index in [1.807, 2.05) is 13.8 Å². The molecule has 4 nitrogen and oxygen atoms in total. The Morgan fingerprint density at radius 2 is 1.65 bits per heavy atom. The highest BCUT2D eigenvalue weighted by Gasteiger charge is 2.20. The minimum atomic E-state index is -3.63. The topological polar surface area (TPSA) is 72.2 Å². The van der Waals surface area contributed by atoms with Gasteiger partial charge in [0.25, 0.3) is 10.0 Å². The van der Waals surface area contributed by atoms with Gasteiger partial charge >= 0.3 is 0 Å². The van der Waals surface area contributed by atoms with Crippen LogP contribution in [-0.4, -0.2) is 8.42 Å². The number of anilines is 2. The van der Waals surface area contributed by atoms with Crippen molar-refractivity contribution in [1.29, 1.82) is 0 Å². The van der Waals surface area contributed by atoms with E-state index < -0.39 is 10.0 Å². The summed E-state index contributed by atoms with van der Waals surface area (Å²) in [5.74, 6) is 0. The molecular formula is C13H15ClN2O2S2. The summed E-state index contributed by atoms with van der Waals surface area (Å²) >= 11 is 6.98. The molecule has 0 saturated carbocycles. The molecule has 2 aromatic rings. The lowest BCUT2D eigenvalue weighted by molar-refractivity contribution is 0.603. The predicted octanol–water partition coefficient (Wildman–Crippen LogP) is 3.71. The van der Waals surface area contributed by atoms with Crippen molar-refractivity contribution in [3.05, 3.63) is 39.2 Å². The third-order valence-electron chi connectivity index (χ3n) is 2.89. The van der Waals surface area contributed by atoms with Gasteiger partial charge in [-0.2, -0.15) is 0 Å². The van der Waals surface area contributed by atoms with E-state index in [9.17, 15) is 8.42 Å². The fourth-order valence-corrected chi connectivity index (χ4v) is 4.82. The Bertz CT molecular complexity index is 724. The summed E-state index contributed by atoms with van der Waals surface area (Å²) in [5.41, 5.74) is 9.22. The van der Waals surface area contributed by atoms with Gasteiger partial charge in [-0.15, -0.1) is 11.3 Å². The van der Waals surface area contributed by atoms with Gasteiger partial charge in [-0.05, 0) is 55.7 Å². The molecule has 0 aliphatic carbocycles. The first-order valence-corrected chi connectivity index (χ1v) is 8.54. The number of nitrogen functional groups attached to an aromatic ring is 1. The molecule has 1 aromatic carbocycles. The number of aryl methyl sites for hydroxylation is 3. The highest BCUT2D eigenvalue weighted by atomic mass is 35.5. The number of nitrogens with one attached hydrogen (secondary N) is 1. The molecule has 0 bridgehead atoms. The molecule has 0 saturated heterocycles. The van der Waals surface area contributed by atoms with Crippen molar-refractivity contribution >= 4 is 44.3 Å². The fourth-order valence-electron chi connectivity index (χ4n) is 1.91. The first-order valence-electron chi connectivity index (χ1n) is 5.86. The number of rotatable bonds is 3. The monoisotopic (exact) mass is 330 g/mol. The molecule has 2 rings (SSSR count). The molecule has 20 heavy (non-hydrogen) atoms. The second-order valence-electron chi connectivity index (χ2n) is 4.66. The number of hydrogen-bond donors (Lipinski definition) is 2. The van der Waals surface area contributed by atoms with Crippen molar-refractivity contribution in [2.75, 3.05) is 10.5 Å². The van der Waals surface area contributed by atoms with Crippen LogP contribution in [0.3, 0.4) is 0 Å². The van der Waals surface area contributed by atoms with Crippen LogP contribution in [0.25, 0.3) is 0 Å². The molecule has 0 aliphatic heterocycles. The van der Waals surface area contributed by atoms with Crippen molar-refractivity contribution in [3.63, 3.8) is 0 Å². The summed E-state index contributed by atoms with van der Waals surface area (Å²) in [6.07, 6.45) is 0. The molecule has 0 fully saturated rings. The van der Waals surface area contributed by atoms with Gasteiger partial charge in [0.2, 0.25) is 0 Å². The zero-order valence-corrected chi connectivity index (χ0v) is 13.7. The molecular weight excluding hydrogens is 316 g/mol. The van der Waals surface area contributed by atoms with Crippen LogP contribution >= 0.6 is 22.9 Å². The first kappa shape index (κ1) is 15.2. The second-order valence-corrected chi connectivity index (χ2v) is 8.22. The molecule has 0 amide bonds. The largest absolute Gasteiger partial charge is 0.399 e. The molecule has 108 valence electrons. The van der Waals surface area contributed by atoms with Gasteiger partial charge in [-0.25, -0.2) is 8.42 Å². The van der Waals surface area contributed by atoms with Crippen LogP contribution in [0.15, 0.2) is 22.4 Å². The molecule has 0 radical (unpaired) electrons. The minimum absolute atomic E-state index is 0.204. The van der Waals surface area contributed by atoms with Gasteiger partial charge in [-0.3, -0.25) is 4.72 Å². The van der Waals surface area contributed by atoms with E-state index in [0.717, 1.165) is 28.0 Å². The van der Waals surface area contributed by atoms with Crippen LogP contribution < -0.4 is 10.5 Å². The third-order valence-corrected chi connectivity index (χ3v) is 6.27. The van der Waals surface area contributed by atoms with Crippen molar-refractivity contribution in [1.82, 2.24) is 0 Å². The van der Waals surface area contributed by atoms with Gasteiger partial charge < -0.3 is 5.73 Å². The summed E-state index contributed by atoms with van der Waals surface area (Å²) in [7, 11) is -3.63. The summed E-state index contributed by atoms with van der Waals surface area (Å²) in [4.78, 5) is 0. The Labute approximate surface area is 127 Å². The van der Waals surface area contributed by atoms with E-state index in [-0.39, 0.29) is 4.21 Å². The maximum absolute atomic E-state index is 12.4. The third kappa shape index (κ3) is 2.92. The van der Waals surface area contributed by atoms with Crippen molar-refractivity contribution in [3.8, 4) is 0 Å². The highest BCUT2D eigenvalue weighted by molar-refractivity contribution is 7.94.